The average molecular weight is 327 g/mol. The summed E-state index contributed by atoms with van der Waals surface area (Å²) in [4.78, 5) is 25.0. The highest BCUT2D eigenvalue weighted by atomic mass is 32.3. The number of nitrogens with zero attached hydrogens (tertiary/aromatic N) is 4. The van der Waals surface area contributed by atoms with Crippen LogP contribution in [0, 0.1) is 0 Å². The lowest BCUT2D eigenvalue weighted by molar-refractivity contribution is -0.0171. The largest absolute Gasteiger partial charge is 0.724 e. The Hall–Kier alpha value is -2.24. The van der Waals surface area contributed by atoms with E-state index in [9.17, 15) is 22.6 Å². The van der Waals surface area contributed by atoms with Crippen LogP contribution in [0.2, 0.25) is 0 Å². The van der Waals surface area contributed by atoms with Gasteiger partial charge in [-0.15, -0.1) is 0 Å². The number of hydrogen-bond donors (Lipinski definition) is 0. The summed E-state index contributed by atoms with van der Waals surface area (Å²) in [6, 6.07) is -0.187. The molecule has 2 aliphatic rings. The van der Waals surface area contributed by atoms with Crippen molar-refractivity contribution in [1.82, 2.24) is 19.7 Å². The zero-order valence-electron chi connectivity index (χ0n) is 11.4. The van der Waals surface area contributed by atoms with Gasteiger partial charge in [-0.25, -0.2) is 17.9 Å². The number of hydrogen-bond acceptors (Lipinski definition) is 7. The number of hydroxylamine groups is 2. The van der Waals surface area contributed by atoms with Gasteiger partial charge in [0.1, 0.15) is 6.04 Å². The van der Waals surface area contributed by atoms with E-state index in [-0.39, 0.29) is 18.6 Å². The normalized spacial score (nSPS) is 21.3. The standard InChI is InChI=1S/C11H12N4O6S/c1-13-10(16)4-7(5-12-13)8-2-3-14-6-9(8)15(11(14)17)21-22(18,19)20/h2,4-5,9H,3,6H2,1H3,(H,18,19,20)/p-1. The Morgan fingerprint density at radius 3 is 2.77 bits per heavy atom. The Bertz CT molecular complexity index is 829. The second-order valence-corrected chi connectivity index (χ2v) is 5.84. The van der Waals surface area contributed by atoms with Crippen LogP contribution in [-0.2, 0) is 21.7 Å². The fourth-order valence-corrected chi connectivity index (χ4v) is 2.84. The highest BCUT2D eigenvalue weighted by molar-refractivity contribution is 7.80. The van der Waals surface area contributed by atoms with Crippen LogP contribution >= 0.6 is 0 Å². The lowest BCUT2D eigenvalue weighted by atomic mass is 9.98. The van der Waals surface area contributed by atoms with Crippen molar-refractivity contribution < 1.29 is 22.0 Å². The third-order valence-corrected chi connectivity index (χ3v) is 3.84. The van der Waals surface area contributed by atoms with E-state index in [1.807, 2.05) is 0 Å². The van der Waals surface area contributed by atoms with Gasteiger partial charge in [-0.2, -0.15) is 14.4 Å². The van der Waals surface area contributed by atoms with E-state index in [4.69, 9.17) is 0 Å². The molecule has 0 spiro atoms. The Labute approximate surface area is 125 Å². The van der Waals surface area contributed by atoms with Crippen molar-refractivity contribution in [3.05, 3.63) is 34.3 Å². The summed E-state index contributed by atoms with van der Waals surface area (Å²) in [5, 5.41) is 4.41. The van der Waals surface area contributed by atoms with Crippen LogP contribution in [0.5, 0.6) is 0 Å². The van der Waals surface area contributed by atoms with Gasteiger partial charge in [-0.1, -0.05) is 6.08 Å². The number of aryl methyl sites for hydroxylation is 1. The third-order valence-electron chi connectivity index (χ3n) is 3.50. The average Bonchev–Trinajstić information content (AvgIpc) is 2.66. The molecule has 1 aromatic rings. The number of carbonyl (C=O) groups excluding carboxylic acids is 1. The van der Waals surface area contributed by atoms with E-state index in [1.165, 1.54) is 24.2 Å². The van der Waals surface area contributed by atoms with Crippen LogP contribution in [-0.4, -0.2) is 57.9 Å². The fourth-order valence-electron chi connectivity index (χ4n) is 2.48. The van der Waals surface area contributed by atoms with Crippen molar-refractivity contribution in [1.29, 1.82) is 0 Å². The Morgan fingerprint density at radius 2 is 2.14 bits per heavy atom. The van der Waals surface area contributed by atoms with E-state index in [0.29, 0.717) is 16.2 Å². The molecular weight excluding hydrogens is 316 g/mol. The van der Waals surface area contributed by atoms with E-state index >= 15 is 0 Å². The number of amides is 2. The van der Waals surface area contributed by atoms with Crippen molar-refractivity contribution >= 4 is 22.0 Å². The fraction of sp³-hybridized carbons (Fsp3) is 0.364. The molecule has 1 unspecified atom stereocenters. The van der Waals surface area contributed by atoms with E-state index in [1.54, 1.807) is 6.08 Å². The number of fused-ring (bicyclic) bond motifs is 2. The van der Waals surface area contributed by atoms with E-state index in [2.05, 4.69) is 9.38 Å². The van der Waals surface area contributed by atoms with Crippen LogP contribution in [0.25, 0.3) is 5.57 Å². The summed E-state index contributed by atoms with van der Waals surface area (Å²) in [6.07, 6.45) is 3.10. The molecule has 0 saturated carbocycles. The first-order valence-electron chi connectivity index (χ1n) is 6.23. The first-order valence-corrected chi connectivity index (χ1v) is 7.57. The molecule has 0 aliphatic carbocycles. The summed E-state index contributed by atoms with van der Waals surface area (Å²) < 4.78 is 37.7. The maximum atomic E-state index is 12.0. The molecule has 0 radical (unpaired) electrons. The van der Waals surface area contributed by atoms with Gasteiger partial charge in [0.05, 0.1) is 12.7 Å². The summed E-state index contributed by atoms with van der Waals surface area (Å²) in [5.74, 6) is 0. The van der Waals surface area contributed by atoms with Crippen LogP contribution in [0.4, 0.5) is 4.79 Å². The summed E-state index contributed by atoms with van der Waals surface area (Å²) in [7, 11) is -3.59. The molecule has 118 valence electrons. The summed E-state index contributed by atoms with van der Waals surface area (Å²) in [6.45, 7) is 0.383. The van der Waals surface area contributed by atoms with Crippen LogP contribution in [0.3, 0.4) is 0 Å². The lowest BCUT2D eigenvalue weighted by Gasteiger charge is -2.25. The van der Waals surface area contributed by atoms with Crippen molar-refractivity contribution in [2.45, 2.75) is 6.04 Å². The van der Waals surface area contributed by atoms with Gasteiger partial charge in [0.25, 0.3) is 5.56 Å². The van der Waals surface area contributed by atoms with Gasteiger partial charge in [0, 0.05) is 25.2 Å². The predicted octanol–water partition coefficient (Wildman–Crippen LogP) is -1.32. The predicted molar refractivity (Wildman–Crippen MR) is 70.8 cm³/mol. The quantitative estimate of drug-likeness (QED) is 0.497. The van der Waals surface area contributed by atoms with Crippen LogP contribution in [0.1, 0.15) is 5.56 Å². The molecule has 3 rings (SSSR count). The van der Waals surface area contributed by atoms with Gasteiger partial charge in [0.2, 0.25) is 10.4 Å². The molecule has 1 aromatic heterocycles. The topological polar surface area (TPSA) is 125 Å². The van der Waals surface area contributed by atoms with Crippen molar-refractivity contribution in [2.75, 3.05) is 13.1 Å². The maximum Gasteiger partial charge on any atom is 0.346 e. The number of rotatable bonds is 3. The van der Waals surface area contributed by atoms with Gasteiger partial charge < -0.3 is 9.45 Å². The molecule has 10 nitrogen and oxygen atoms in total. The molecule has 0 N–H and O–H groups in total. The van der Waals surface area contributed by atoms with Crippen molar-refractivity contribution in [3.8, 4) is 0 Å². The van der Waals surface area contributed by atoms with E-state index in [0.717, 1.165) is 4.68 Å². The highest BCUT2D eigenvalue weighted by Gasteiger charge is 2.44. The molecule has 22 heavy (non-hydrogen) atoms. The van der Waals surface area contributed by atoms with Crippen molar-refractivity contribution in [3.63, 3.8) is 0 Å². The lowest BCUT2D eigenvalue weighted by Crippen LogP contribution is -2.36. The smallest absolute Gasteiger partial charge is 0.346 e. The first kappa shape index (κ1) is 14.7. The van der Waals surface area contributed by atoms with Gasteiger partial charge in [-0.3, -0.25) is 4.79 Å². The molecular formula is C11H11N4O6S-. The first-order chi connectivity index (χ1) is 10.3. The second-order valence-electron chi connectivity index (χ2n) is 4.88. The summed E-state index contributed by atoms with van der Waals surface area (Å²) >= 11 is 0. The molecule has 2 aliphatic heterocycles. The van der Waals surface area contributed by atoms with Crippen LogP contribution < -0.4 is 5.56 Å². The van der Waals surface area contributed by atoms with Gasteiger partial charge in [-0.05, 0) is 5.57 Å². The number of carbonyl (C=O) groups is 1. The Kier molecular flexibility index (Phi) is 3.27. The molecule has 2 bridgehead atoms. The van der Waals surface area contributed by atoms with Gasteiger partial charge >= 0.3 is 6.03 Å². The molecule has 11 heteroatoms. The highest BCUT2D eigenvalue weighted by Crippen LogP contribution is 2.32. The maximum absolute atomic E-state index is 12.0. The van der Waals surface area contributed by atoms with Gasteiger partial charge in [0.15, 0.2) is 0 Å². The zero-order valence-corrected chi connectivity index (χ0v) is 12.2. The SMILES string of the molecule is Cn1ncc(C2=CCN3CC2N(OS(=O)(=O)[O-])C3=O)cc1=O. The third kappa shape index (κ3) is 2.49. The molecule has 1 atom stereocenters. The zero-order chi connectivity index (χ0) is 16.1. The molecule has 0 aromatic carbocycles. The molecule has 1 fully saturated rings. The Morgan fingerprint density at radius 1 is 1.41 bits per heavy atom. The molecule has 1 saturated heterocycles. The Balaban J connectivity index is 1.99. The second kappa shape index (κ2) is 4.90. The number of aromatic nitrogens is 2. The minimum atomic E-state index is -5.08. The monoisotopic (exact) mass is 327 g/mol. The van der Waals surface area contributed by atoms with E-state index < -0.39 is 22.5 Å². The molecule has 3 heterocycles. The summed E-state index contributed by atoms with van der Waals surface area (Å²) in [5.41, 5.74) is 0.601. The van der Waals surface area contributed by atoms with Crippen molar-refractivity contribution in [2.24, 2.45) is 7.05 Å². The minimum absolute atomic E-state index is 0.162. The number of urea groups is 1. The minimum Gasteiger partial charge on any atom is -0.724 e. The molecule has 2 amide bonds. The van der Waals surface area contributed by atoms with Crippen LogP contribution in [0.15, 0.2) is 23.1 Å².